The molecular formula is C18H19NOS. The van der Waals surface area contributed by atoms with E-state index in [0.29, 0.717) is 5.25 Å². The first-order valence-electron chi connectivity index (χ1n) is 7.20. The van der Waals surface area contributed by atoms with Gasteiger partial charge in [0.05, 0.1) is 0 Å². The van der Waals surface area contributed by atoms with Crippen molar-refractivity contribution in [2.24, 2.45) is 0 Å². The second-order valence-corrected chi connectivity index (χ2v) is 7.25. The highest BCUT2D eigenvalue weighted by molar-refractivity contribution is 8.00. The van der Waals surface area contributed by atoms with Gasteiger partial charge in [0, 0.05) is 17.9 Å². The summed E-state index contributed by atoms with van der Waals surface area (Å²) in [6.07, 6.45) is 0. The number of fused-ring (bicyclic) bond motifs is 3. The van der Waals surface area contributed by atoms with E-state index in [2.05, 4.69) is 32.0 Å². The Balaban J connectivity index is 2.24. The minimum atomic E-state index is 0.0566. The van der Waals surface area contributed by atoms with E-state index in [1.165, 1.54) is 11.1 Å². The lowest BCUT2D eigenvalue weighted by molar-refractivity contribution is 0.0783. The molecule has 0 unspecified atom stereocenters. The van der Waals surface area contributed by atoms with Gasteiger partial charge in [-0.15, -0.1) is 11.8 Å². The van der Waals surface area contributed by atoms with Gasteiger partial charge in [-0.1, -0.05) is 56.3 Å². The number of carbonyl (C=O) groups is 1. The van der Waals surface area contributed by atoms with Gasteiger partial charge in [0.15, 0.2) is 0 Å². The Morgan fingerprint density at radius 1 is 0.952 bits per heavy atom. The molecule has 3 heteroatoms. The summed E-state index contributed by atoms with van der Waals surface area (Å²) in [5, 5.41) is 0.514. The van der Waals surface area contributed by atoms with Crippen molar-refractivity contribution in [2.75, 3.05) is 7.05 Å². The van der Waals surface area contributed by atoms with Crippen LogP contribution in [0.2, 0.25) is 0 Å². The maximum Gasteiger partial charge on any atom is 0.255 e. The highest BCUT2D eigenvalue weighted by Gasteiger charge is 2.31. The molecule has 1 aliphatic heterocycles. The zero-order chi connectivity index (χ0) is 15.0. The Morgan fingerprint density at radius 2 is 1.52 bits per heavy atom. The van der Waals surface area contributed by atoms with E-state index in [-0.39, 0.29) is 11.3 Å². The smallest absolute Gasteiger partial charge is 0.255 e. The third-order valence-electron chi connectivity index (χ3n) is 3.75. The fourth-order valence-corrected chi connectivity index (χ4v) is 3.94. The summed E-state index contributed by atoms with van der Waals surface area (Å²) in [6, 6.07) is 16.3. The van der Waals surface area contributed by atoms with Crippen LogP contribution in [0.5, 0.6) is 0 Å². The van der Waals surface area contributed by atoms with Crippen LogP contribution in [0.15, 0.2) is 48.5 Å². The molecule has 0 saturated carbocycles. The molecule has 2 aromatic carbocycles. The minimum absolute atomic E-state index is 0.0566. The Labute approximate surface area is 130 Å². The summed E-state index contributed by atoms with van der Waals surface area (Å²) >= 11 is 1.82. The quantitative estimate of drug-likeness (QED) is 0.808. The van der Waals surface area contributed by atoms with Gasteiger partial charge >= 0.3 is 0 Å². The van der Waals surface area contributed by atoms with Crippen molar-refractivity contribution in [3.8, 4) is 11.1 Å². The summed E-state index contributed by atoms with van der Waals surface area (Å²) in [5.74, 6) is 0.0972. The van der Waals surface area contributed by atoms with Crippen molar-refractivity contribution in [1.29, 1.82) is 0 Å². The molecule has 1 atom stereocenters. The zero-order valence-corrected chi connectivity index (χ0v) is 13.4. The Hall–Kier alpha value is -1.74. The van der Waals surface area contributed by atoms with Crippen LogP contribution in [-0.2, 0) is 0 Å². The maximum atomic E-state index is 12.8. The van der Waals surface area contributed by atoms with E-state index in [0.717, 1.165) is 11.1 Å². The zero-order valence-electron chi connectivity index (χ0n) is 12.5. The number of nitrogens with zero attached hydrogens (tertiary/aromatic N) is 1. The number of hydrogen-bond donors (Lipinski definition) is 0. The number of amides is 1. The molecule has 1 aliphatic rings. The van der Waals surface area contributed by atoms with Crippen molar-refractivity contribution >= 4 is 17.7 Å². The topological polar surface area (TPSA) is 20.3 Å². The Kier molecular flexibility index (Phi) is 3.77. The van der Waals surface area contributed by atoms with E-state index in [1.54, 1.807) is 0 Å². The average Bonchev–Trinajstić information content (AvgIpc) is 2.58. The molecule has 0 N–H and O–H groups in total. The molecule has 0 aromatic heterocycles. The van der Waals surface area contributed by atoms with Crippen molar-refractivity contribution in [3.05, 3.63) is 59.7 Å². The van der Waals surface area contributed by atoms with E-state index in [4.69, 9.17) is 0 Å². The summed E-state index contributed by atoms with van der Waals surface area (Å²) in [5.41, 5.74) is 4.22. The van der Waals surface area contributed by atoms with Gasteiger partial charge in [-0.25, -0.2) is 0 Å². The van der Waals surface area contributed by atoms with Crippen LogP contribution in [0, 0.1) is 0 Å². The van der Waals surface area contributed by atoms with Crippen LogP contribution in [-0.4, -0.2) is 23.1 Å². The fraction of sp³-hybridized carbons (Fsp3) is 0.278. The first-order valence-corrected chi connectivity index (χ1v) is 8.15. The normalized spacial score (nSPS) is 17.4. The monoisotopic (exact) mass is 297 g/mol. The third-order valence-corrected chi connectivity index (χ3v) is 5.12. The summed E-state index contributed by atoms with van der Waals surface area (Å²) < 4.78 is 0. The molecule has 108 valence electrons. The van der Waals surface area contributed by atoms with Crippen molar-refractivity contribution in [1.82, 2.24) is 4.90 Å². The summed E-state index contributed by atoms with van der Waals surface area (Å²) in [7, 11) is 1.90. The summed E-state index contributed by atoms with van der Waals surface area (Å²) in [6.45, 7) is 4.34. The van der Waals surface area contributed by atoms with Gasteiger partial charge in [-0.2, -0.15) is 0 Å². The highest BCUT2D eigenvalue weighted by Crippen LogP contribution is 2.43. The molecule has 2 nitrogen and oxygen atoms in total. The van der Waals surface area contributed by atoms with Gasteiger partial charge in [0.2, 0.25) is 0 Å². The summed E-state index contributed by atoms with van der Waals surface area (Å²) in [4.78, 5) is 14.7. The molecule has 0 spiro atoms. The SMILES string of the molecule is CC(C)S[C@@H]1c2ccccc2-c2ccccc2C(=O)N1C. The molecule has 0 fully saturated rings. The molecule has 2 aromatic rings. The fourth-order valence-electron chi connectivity index (χ4n) is 2.79. The van der Waals surface area contributed by atoms with Gasteiger partial charge in [0.1, 0.15) is 5.37 Å². The standard InChI is InChI=1S/C18H19NOS/c1-12(2)21-18-16-11-7-5-9-14(16)13-8-4-6-10-15(13)17(20)19(18)3/h4-12,18H,1-3H3/t18-/m1/s1. The van der Waals surface area contributed by atoms with Crippen molar-refractivity contribution < 1.29 is 4.79 Å². The first kappa shape index (κ1) is 14.2. The minimum Gasteiger partial charge on any atom is -0.326 e. The predicted octanol–water partition coefficient (Wildman–Crippen LogP) is 4.58. The van der Waals surface area contributed by atoms with E-state index in [1.807, 2.05) is 54.0 Å². The lowest BCUT2D eigenvalue weighted by Crippen LogP contribution is -2.29. The number of rotatable bonds is 2. The number of hydrogen-bond acceptors (Lipinski definition) is 2. The van der Waals surface area contributed by atoms with Gasteiger partial charge in [-0.3, -0.25) is 4.79 Å². The van der Waals surface area contributed by atoms with Crippen LogP contribution in [0.25, 0.3) is 11.1 Å². The molecule has 1 heterocycles. The van der Waals surface area contributed by atoms with E-state index in [9.17, 15) is 4.79 Å². The Morgan fingerprint density at radius 3 is 2.19 bits per heavy atom. The molecule has 3 rings (SSSR count). The molecule has 0 saturated heterocycles. The van der Waals surface area contributed by atoms with E-state index >= 15 is 0 Å². The lowest BCUT2D eigenvalue weighted by Gasteiger charge is -2.28. The molecule has 21 heavy (non-hydrogen) atoms. The molecule has 0 aliphatic carbocycles. The van der Waals surface area contributed by atoms with Crippen LogP contribution in [0.3, 0.4) is 0 Å². The van der Waals surface area contributed by atoms with Crippen molar-refractivity contribution in [2.45, 2.75) is 24.5 Å². The molecule has 0 bridgehead atoms. The molecular weight excluding hydrogens is 278 g/mol. The van der Waals surface area contributed by atoms with Crippen LogP contribution in [0.1, 0.15) is 35.1 Å². The molecule has 0 radical (unpaired) electrons. The second-order valence-electron chi connectivity index (χ2n) is 5.59. The average molecular weight is 297 g/mol. The van der Waals surface area contributed by atoms with Crippen LogP contribution >= 0.6 is 11.8 Å². The van der Waals surface area contributed by atoms with Gasteiger partial charge in [-0.05, 0) is 22.8 Å². The van der Waals surface area contributed by atoms with Crippen LogP contribution in [0.4, 0.5) is 0 Å². The third kappa shape index (κ3) is 2.46. The van der Waals surface area contributed by atoms with Crippen molar-refractivity contribution in [3.63, 3.8) is 0 Å². The maximum absolute atomic E-state index is 12.8. The first-order chi connectivity index (χ1) is 10.1. The van der Waals surface area contributed by atoms with Gasteiger partial charge in [0.25, 0.3) is 5.91 Å². The Bertz CT molecular complexity index is 680. The van der Waals surface area contributed by atoms with Crippen LogP contribution < -0.4 is 0 Å². The predicted molar refractivity (Wildman–Crippen MR) is 89.4 cm³/mol. The van der Waals surface area contributed by atoms with E-state index < -0.39 is 0 Å². The number of carbonyl (C=O) groups excluding carboxylic acids is 1. The largest absolute Gasteiger partial charge is 0.326 e. The second kappa shape index (κ2) is 5.57. The lowest BCUT2D eigenvalue weighted by atomic mass is 9.97. The number of benzene rings is 2. The highest BCUT2D eigenvalue weighted by atomic mass is 32.2. The van der Waals surface area contributed by atoms with Gasteiger partial charge < -0.3 is 4.90 Å². The number of thioether (sulfide) groups is 1. The molecule has 1 amide bonds.